The molecule has 2 nitrogen and oxygen atoms in total. The molecule has 0 N–H and O–H groups in total. The van der Waals surface area contributed by atoms with Crippen molar-refractivity contribution < 1.29 is 4.57 Å². The van der Waals surface area contributed by atoms with E-state index in [1.807, 2.05) is 0 Å². The van der Waals surface area contributed by atoms with Gasteiger partial charge in [-0.1, -0.05) is 140 Å². The molecular weight excluding hydrogens is 569 g/mol. The Labute approximate surface area is 274 Å². The van der Waals surface area contributed by atoms with Crippen molar-refractivity contribution in [3.05, 3.63) is 193 Å². The zero-order chi connectivity index (χ0) is 31.2. The predicted octanol–water partition coefficient (Wildman–Crippen LogP) is 11.0. The summed E-state index contributed by atoms with van der Waals surface area (Å²) in [5.41, 5.74) is 11.9. The molecule has 7 aromatic carbocycles. The SMILES string of the molecule is c1ccc(-c2c3ccccc3c(-c3ccccc3)c3cc(-c4ccc(C5=Nc6ccccc6C5[n+]5ccccc5)cc4)ccc23)cc1. The molecule has 0 amide bonds. The van der Waals surface area contributed by atoms with E-state index in [-0.39, 0.29) is 6.04 Å². The minimum atomic E-state index is 0.0389. The Kier molecular flexibility index (Phi) is 6.57. The fourth-order valence-electron chi connectivity index (χ4n) is 7.29. The summed E-state index contributed by atoms with van der Waals surface area (Å²) in [5, 5.41) is 5.05. The molecule has 0 aliphatic carbocycles. The van der Waals surface area contributed by atoms with Gasteiger partial charge in [0.2, 0.25) is 6.04 Å². The first-order valence-corrected chi connectivity index (χ1v) is 16.2. The van der Waals surface area contributed by atoms with Gasteiger partial charge < -0.3 is 0 Å². The molecule has 0 fully saturated rings. The van der Waals surface area contributed by atoms with Crippen LogP contribution in [0.2, 0.25) is 0 Å². The Morgan fingerprint density at radius 1 is 0.383 bits per heavy atom. The largest absolute Gasteiger partial charge is 0.245 e. The number of rotatable bonds is 5. The monoisotopic (exact) mass is 599 g/mol. The van der Waals surface area contributed by atoms with Gasteiger partial charge in [-0.15, -0.1) is 0 Å². The van der Waals surface area contributed by atoms with Crippen molar-refractivity contribution >= 4 is 32.9 Å². The predicted molar refractivity (Wildman–Crippen MR) is 195 cm³/mol. The highest BCUT2D eigenvalue weighted by Crippen LogP contribution is 2.45. The number of nitrogens with zero attached hydrogens (tertiary/aromatic N) is 2. The number of benzene rings is 7. The van der Waals surface area contributed by atoms with Crippen LogP contribution in [0.25, 0.3) is 54.9 Å². The topological polar surface area (TPSA) is 16.2 Å². The van der Waals surface area contributed by atoms with Gasteiger partial charge in [0.1, 0.15) is 5.71 Å². The second-order valence-electron chi connectivity index (χ2n) is 12.1. The van der Waals surface area contributed by atoms with Gasteiger partial charge in [0.25, 0.3) is 0 Å². The van der Waals surface area contributed by atoms with E-state index in [0.29, 0.717) is 0 Å². The summed E-state index contributed by atoms with van der Waals surface area (Å²) in [6.07, 6.45) is 4.26. The first-order valence-electron chi connectivity index (χ1n) is 16.2. The molecular formula is C45H31N2+. The van der Waals surface area contributed by atoms with Gasteiger partial charge in [0.15, 0.2) is 12.4 Å². The summed E-state index contributed by atoms with van der Waals surface area (Å²) < 4.78 is 2.25. The molecule has 9 rings (SSSR count). The molecule has 220 valence electrons. The van der Waals surface area contributed by atoms with Crippen LogP contribution in [-0.4, -0.2) is 5.71 Å². The summed E-state index contributed by atoms with van der Waals surface area (Å²) in [6.45, 7) is 0. The van der Waals surface area contributed by atoms with Crippen LogP contribution in [0.1, 0.15) is 17.2 Å². The zero-order valence-corrected chi connectivity index (χ0v) is 25.8. The maximum atomic E-state index is 5.13. The van der Waals surface area contributed by atoms with Crippen LogP contribution in [-0.2, 0) is 0 Å². The normalized spacial score (nSPS) is 13.9. The summed E-state index contributed by atoms with van der Waals surface area (Å²) in [5.74, 6) is 0. The fraction of sp³-hybridized carbons (Fsp3) is 0.0222. The summed E-state index contributed by atoms with van der Waals surface area (Å²) >= 11 is 0. The van der Waals surface area contributed by atoms with Gasteiger partial charge in [-0.2, -0.15) is 4.57 Å². The van der Waals surface area contributed by atoms with Crippen molar-refractivity contribution in [2.75, 3.05) is 0 Å². The first-order chi connectivity index (χ1) is 23.3. The highest BCUT2D eigenvalue weighted by molar-refractivity contribution is 6.22. The third kappa shape index (κ3) is 4.65. The van der Waals surface area contributed by atoms with Gasteiger partial charge in [-0.25, -0.2) is 4.99 Å². The van der Waals surface area contributed by atoms with Gasteiger partial charge in [-0.05, 0) is 73.1 Å². The van der Waals surface area contributed by atoms with Crippen molar-refractivity contribution in [1.29, 1.82) is 0 Å². The number of hydrogen-bond acceptors (Lipinski definition) is 1. The van der Waals surface area contributed by atoms with Gasteiger partial charge in [0.05, 0.1) is 11.3 Å². The molecule has 8 aromatic rings. The summed E-state index contributed by atoms with van der Waals surface area (Å²) in [4.78, 5) is 5.13. The van der Waals surface area contributed by atoms with Crippen molar-refractivity contribution in [1.82, 2.24) is 0 Å². The Hall–Kier alpha value is -6.12. The third-order valence-electron chi connectivity index (χ3n) is 9.43. The molecule has 1 aliphatic heterocycles. The highest BCUT2D eigenvalue weighted by atomic mass is 15.0. The first kappa shape index (κ1) is 27.2. The summed E-state index contributed by atoms with van der Waals surface area (Å²) in [6, 6.07) is 61.1. The van der Waals surface area contributed by atoms with Crippen LogP contribution in [0.15, 0.2) is 187 Å². The summed E-state index contributed by atoms with van der Waals surface area (Å²) in [7, 11) is 0. The zero-order valence-electron chi connectivity index (χ0n) is 25.8. The lowest BCUT2D eigenvalue weighted by atomic mass is 9.85. The van der Waals surface area contributed by atoms with Crippen LogP contribution in [0.5, 0.6) is 0 Å². The van der Waals surface area contributed by atoms with Crippen molar-refractivity contribution in [2.24, 2.45) is 4.99 Å². The van der Waals surface area contributed by atoms with Gasteiger partial charge >= 0.3 is 0 Å². The second kappa shape index (κ2) is 11.3. The molecule has 0 bridgehead atoms. The number of fused-ring (bicyclic) bond motifs is 3. The number of aromatic nitrogens is 1. The fourth-order valence-corrected chi connectivity index (χ4v) is 7.29. The Bertz CT molecular complexity index is 2430. The molecule has 0 spiro atoms. The van der Waals surface area contributed by atoms with E-state index in [4.69, 9.17) is 4.99 Å². The van der Waals surface area contributed by atoms with E-state index in [2.05, 4.69) is 187 Å². The number of hydrogen-bond donors (Lipinski definition) is 0. The van der Waals surface area contributed by atoms with Crippen LogP contribution in [0, 0.1) is 0 Å². The smallest absolute Gasteiger partial charge is 0.228 e. The van der Waals surface area contributed by atoms with Crippen molar-refractivity contribution in [2.45, 2.75) is 6.04 Å². The van der Waals surface area contributed by atoms with Gasteiger partial charge in [0, 0.05) is 17.7 Å². The van der Waals surface area contributed by atoms with Crippen molar-refractivity contribution in [3.8, 4) is 33.4 Å². The molecule has 0 saturated heterocycles. The van der Waals surface area contributed by atoms with E-state index in [1.165, 1.54) is 60.5 Å². The van der Waals surface area contributed by atoms with Crippen LogP contribution in [0.3, 0.4) is 0 Å². The van der Waals surface area contributed by atoms with Crippen LogP contribution in [0.4, 0.5) is 5.69 Å². The average molecular weight is 600 g/mol. The second-order valence-corrected chi connectivity index (χ2v) is 12.1. The Morgan fingerprint density at radius 3 is 1.57 bits per heavy atom. The molecule has 0 saturated carbocycles. The van der Waals surface area contributed by atoms with E-state index < -0.39 is 0 Å². The Morgan fingerprint density at radius 2 is 0.894 bits per heavy atom. The lowest BCUT2D eigenvalue weighted by molar-refractivity contribution is -0.697. The van der Waals surface area contributed by atoms with Crippen LogP contribution < -0.4 is 4.57 Å². The molecule has 47 heavy (non-hydrogen) atoms. The van der Waals surface area contributed by atoms with Crippen LogP contribution >= 0.6 is 0 Å². The van der Waals surface area contributed by atoms with E-state index in [9.17, 15) is 0 Å². The Balaban J connectivity index is 1.20. The molecule has 0 radical (unpaired) electrons. The maximum absolute atomic E-state index is 5.13. The molecule has 2 heterocycles. The van der Waals surface area contributed by atoms with E-state index in [0.717, 1.165) is 17.0 Å². The standard InChI is InChI=1S/C45H31N2/c1-4-14-32(15-5-1)42-36-18-8-9-19-37(36)43(33-16-6-2-7-17-33)40-30-35(26-27-38(40)42)31-22-24-34(25-23-31)44-45(47-28-12-3-13-29-47)39-20-10-11-21-41(39)46-44/h1-30,45H/q+1. The minimum Gasteiger partial charge on any atom is -0.245 e. The molecule has 1 atom stereocenters. The number of pyridine rings is 1. The van der Waals surface area contributed by atoms with E-state index >= 15 is 0 Å². The maximum Gasteiger partial charge on any atom is 0.228 e. The third-order valence-corrected chi connectivity index (χ3v) is 9.43. The number of para-hydroxylation sites is 1. The molecule has 1 aliphatic rings. The minimum absolute atomic E-state index is 0.0389. The molecule has 2 heteroatoms. The molecule has 1 aromatic heterocycles. The lowest BCUT2D eigenvalue weighted by Crippen LogP contribution is -2.42. The highest BCUT2D eigenvalue weighted by Gasteiger charge is 2.35. The number of aliphatic imine (C=N–C) groups is 1. The van der Waals surface area contributed by atoms with Gasteiger partial charge in [-0.3, -0.25) is 0 Å². The molecule has 1 unspecified atom stereocenters. The lowest BCUT2D eigenvalue weighted by Gasteiger charge is -2.18. The average Bonchev–Trinajstić information content (AvgIpc) is 3.54. The van der Waals surface area contributed by atoms with E-state index in [1.54, 1.807) is 0 Å². The quantitative estimate of drug-likeness (QED) is 0.138. The van der Waals surface area contributed by atoms with Crippen molar-refractivity contribution in [3.63, 3.8) is 0 Å².